The first kappa shape index (κ1) is 6.51. The number of carbonyl (C=O) groups excluding carboxylic acids is 1. The van der Waals surface area contributed by atoms with Crippen molar-refractivity contribution in [3.05, 3.63) is 0 Å². The van der Waals surface area contributed by atoms with Crippen LogP contribution in [-0.4, -0.2) is 29.8 Å². The molecule has 0 saturated carbocycles. The first-order valence-corrected chi connectivity index (χ1v) is 2.79. The maximum absolute atomic E-state index is 10.3. The predicted molar refractivity (Wildman–Crippen MR) is 29.6 cm³/mol. The molecule has 1 unspecified atom stereocenters. The summed E-state index contributed by atoms with van der Waals surface area (Å²) in [5.41, 5.74) is 4.88. The number of ether oxygens (including phenoxy) is 1. The van der Waals surface area contributed by atoms with Crippen LogP contribution < -0.4 is 5.73 Å². The molecule has 4 nitrogen and oxygen atoms in total. The highest BCUT2D eigenvalue weighted by molar-refractivity contribution is 5.79. The van der Waals surface area contributed by atoms with Crippen molar-refractivity contribution in [3.8, 4) is 0 Å². The summed E-state index contributed by atoms with van der Waals surface area (Å²) < 4.78 is 4.80. The highest BCUT2D eigenvalue weighted by Crippen LogP contribution is 2.11. The van der Waals surface area contributed by atoms with Crippen LogP contribution in [0.25, 0.3) is 0 Å². The van der Waals surface area contributed by atoms with Gasteiger partial charge in [0, 0.05) is 6.42 Å². The molecule has 0 aromatic rings. The molecule has 9 heavy (non-hydrogen) atoms. The fraction of sp³-hybridized carbons (Fsp3) is 0.800. The fourth-order valence-electron chi connectivity index (χ4n) is 0.809. The Morgan fingerprint density at radius 3 is 2.67 bits per heavy atom. The Bertz CT molecular complexity index is 125. The topological polar surface area (TPSA) is 72.6 Å². The number of aliphatic hydroxyl groups is 1. The SMILES string of the molecule is NC(=O)C1C[C@H](O)CO1. The van der Waals surface area contributed by atoms with Gasteiger partial charge in [0.1, 0.15) is 6.10 Å². The average molecular weight is 131 g/mol. The summed E-state index contributed by atoms with van der Waals surface area (Å²) in [5, 5.41) is 8.82. The minimum absolute atomic E-state index is 0.230. The zero-order valence-corrected chi connectivity index (χ0v) is 4.91. The van der Waals surface area contributed by atoms with Gasteiger partial charge in [-0.2, -0.15) is 0 Å². The Balaban J connectivity index is 2.39. The molecule has 3 N–H and O–H groups in total. The van der Waals surface area contributed by atoms with Crippen LogP contribution in [0.3, 0.4) is 0 Å². The quantitative estimate of drug-likeness (QED) is 0.460. The summed E-state index contributed by atoms with van der Waals surface area (Å²) in [4.78, 5) is 10.3. The first-order valence-electron chi connectivity index (χ1n) is 2.79. The molecule has 1 heterocycles. The third kappa shape index (κ3) is 1.40. The summed E-state index contributed by atoms with van der Waals surface area (Å²) in [5.74, 6) is -0.494. The van der Waals surface area contributed by atoms with Gasteiger partial charge in [-0.05, 0) is 0 Å². The number of rotatable bonds is 1. The Hall–Kier alpha value is -0.610. The predicted octanol–water partition coefficient (Wildman–Crippen LogP) is -1.38. The molecular weight excluding hydrogens is 122 g/mol. The first-order chi connectivity index (χ1) is 4.20. The standard InChI is InChI=1S/C5H9NO3/c6-5(8)4-1-3(7)2-9-4/h3-4,7H,1-2H2,(H2,6,8)/t3-,4?/m0/s1. The highest BCUT2D eigenvalue weighted by atomic mass is 16.5. The smallest absolute Gasteiger partial charge is 0.246 e. The van der Waals surface area contributed by atoms with Crippen LogP contribution in [-0.2, 0) is 9.53 Å². The lowest BCUT2D eigenvalue weighted by Crippen LogP contribution is -2.27. The average Bonchev–Trinajstić information content (AvgIpc) is 2.14. The Morgan fingerprint density at radius 2 is 2.44 bits per heavy atom. The van der Waals surface area contributed by atoms with Crippen LogP contribution in [0, 0.1) is 0 Å². The molecule has 1 rings (SSSR count). The third-order valence-electron chi connectivity index (χ3n) is 1.29. The molecule has 0 aromatic heterocycles. The van der Waals surface area contributed by atoms with Crippen molar-refractivity contribution in [2.24, 2.45) is 5.73 Å². The summed E-state index contributed by atoms with van der Waals surface area (Å²) in [7, 11) is 0. The van der Waals surface area contributed by atoms with Crippen LogP contribution in [0.15, 0.2) is 0 Å². The molecule has 0 radical (unpaired) electrons. The lowest BCUT2D eigenvalue weighted by Gasteiger charge is -2.00. The second-order valence-corrected chi connectivity index (χ2v) is 2.11. The van der Waals surface area contributed by atoms with Crippen molar-refractivity contribution in [3.63, 3.8) is 0 Å². The van der Waals surface area contributed by atoms with Crippen molar-refractivity contribution >= 4 is 5.91 Å². The van der Waals surface area contributed by atoms with Gasteiger partial charge < -0.3 is 15.6 Å². The van der Waals surface area contributed by atoms with Crippen LogP contribution >= 0.6 is 0 Å². The molecular formula is C5H9NO3. The number of carbonyl (C=O) groups is 1. The molecule has 0 aromatic carbocycles. The number of aliphatic hydroxyl groups excluding tert-OH is 1. The van der Waals surface area contributed by atoms with Gasteiger partial charge in [0.25, 0.3) is 0 Å². The molecule has 1 saturated heterocycles. The van der Waals surface area contributed by atoms with E-state index < -0.39 is 18.1 Å². The van der Waals surface area contributed by atoms with Crippen molar-refractivity contribution in [1.29, 1.82) is 0 Å². The molecule has 52 valence electrons. The Labute approximate surface area is 52.6 Å². The van der Waals surface area contributed by atoms with E-state index in [-0.39, 0.29) is 6.61 Å². The van der Waals surface area contributed by atoms with Gasteiger partial charge in [-0.3, -0.25) is 4.79 Å². The maximum atomic E-state index is 10.3. The second kappa shape index (κ2) is 2.33. The molecule has 4 heteroatoms. The fourth-order valence-corrected chi connectivity index (χ4v) is 0.809. The minimum atomic E-state index is -0.569. The van der Waals surface area contributed by atoms with E-state index in [2.05, 4.69) is 0 Å². The lowest BCUT2D eigenvalue weighted by atomic mass is 10.2. The number of nitrogens with two attached hydrogens (primary N) is 1. The summed E-state index contributed by atoms with van der Waals surface area (Å²) in [6.45, 7) is 0.230. The van der Waals surface area contributed by atoms with Gasteiger partial charge in [0.2, 0.25) is 5.91 Å². The van der Waals surface area contributed by atoms with Crippen LogP contribution in [0.4, 0.5) is 0 Å². The third-order valence-corrected chi connectivity index (χ3v) is 1.29. The van der Waals surface area contributed by atoms with Gasteiger partial charge >= 0.3 is 0 Å². The number of primary amides is 1. The molecule has 1 fully saturated rings. The number of hydrogen-bond acceptors (Lipinski definition) is 3. The van der Waals surface area contributed by atoms with E-state index >= 15 is 0 Å². The van der Waals surface area contributed by atoms with Gasteiger partial charge in [0.15, 0.2) is 0 Å². The molecule has 1 amide bonds. The molecule has 0 bridgehead atoms. The van der Waals surface area contributed by atoms with Gasteiger partial charge in [-0.15, -0.1) is 0 Å². The number of hydrogen-bond donors (Lipinski definition) is 2. The van der Waals surface area contributed by atoms with Crippen LogP contribution in [0.1, 0.15) is 6.42 Å². The molecule has 1 aliphatic heterocycles. The number of amides is 1. The summed E-state index contributed by atoms with van der Waals surface area (Å²) in [6, 6.07) is 0. The molecule has 1 aliphatic rings. The van der Waals surface area contributed by atoms with E-state index in [0.717, 1.165) is 0 Å². The summed E-state index contributed by atoms with van der Waals surface area (Å²) >= 11 is 0. The van der Waals surface area contributed by atoms with E-state index in [1.54, 1.807) is 0 Å². The van der Waals surface area contributed by atoms with Crippen molar-refractivity contribution < 1.29 is 14.6 Å². The van der Waals surface area contributed by atoms with E-state index in [1.807, 2.05) is 0 Å². The van der Waals surface area contributed by atoms with Crippen molar-refractivity contribution in [1.82, 2.24) is 0 Å². The largest absolute Gasteiger partial charge is 0.391 e. The maximum Gasteiger partial charge on any atom is 0.246 e. The Morgan fingerprint density at radius 1 is 1.78 bits per heavy atom. The molecule has 0 spiro atoms. The zero-order valence-electron chi connectivity index (χ0n) is 4.91. The van der Waals surface area contributed by atoms with E-state index in [0.29, 0.717) is 6.42 Å². The zero-order chi connectivity index (χ0) is 6.85. The van der Waals surface area contributed by atoms with Crippen molar-refractivity contribution in [2.75, 3.05) is 6.61 Å². The van der Waals surface area contributed by atoms with Crippen molar-refractivity contribution in [2.45, 2.75) is 18.6 Å². The van der Waals surface area contributed by atoms with Gasteiger partial charge in [-0.25, -0.2) is 0 Å². The van der Waals surface area contributed by atoms with E-state index in [1.165, 1.54) is 0 Å². The molecule has 2 atom stereocenters. The second-order valence-electron chi connectivity index (χ2n) is 2.11. The molecule has 0 aliphatic carbocycles. The Kier molecular flexibility index (Phi) is 1.68. The minimum Gasteiger partial charge on any atom is -0.391 e. The van der Waals surface area contributed by atoms with E-state index in [9.17, 15) is 4.79 Å². The summed E-state index contributed by atoms with van der Waals surface area (Å²) in [6.07, 6.45) is -0.738. The lowest BCUT2D eigenvalue weighted by molar-refractivity contribution is -0.126. The van der Waals surface area contributed by atoms with Gasteiger partial charge in [-0.1, -0.05) is 0 Å². The highest BCUT2D eigenvalue weighted by Gasteiger charge is 2.27. The van der Waals surface area contributed by atoms with E-state index in [4.69, 9.17) is 15.6 Å². The normalized spacial score (nSPS) is 34.8. The van der Waals surface area contributed by atoms with Crippen LogP contribution in [0.2, 0.25) is 0 Å². The van der Waals surface area contributed by atoms with Crippen LogP contribution in [0.5, 0.6) is 0 Å². The monoisotopic (exact) mass is 131 g/mol. The van der Waals surface area contributed by atoms with Gasteiger partial charge in [0.05, 0.1) is 12.7 Å².